The lowest BCUT2D eigenvalue weighted by molar-refractivity contribution is 0.102. The largest absolute Gasteiger partial charge is 0.494 e. The molecule has 0 aliphatic carbocycles. The lowest BCUT2D eigenvalue weighted by atomic mass is 10.2. The minimum atomic E-state index is -0.337. The quantitative estimate of drug-likeness (QED) is 0.912. The van der Waals surface area contributed by atoms with Crippen molar-refractivity contribution in [1.82, 2.24) is 0 Å². The number of hydrogen-bond donors (Lipinski definition) is 1. The molecule has 4 heteroatoms. The maximum Gasteiger partial charge on any atom is 0.255 e. The van der Waals surface area contributed by atoms with Crippen LogP contribution in [0.15, 0.2) is 48.5 Å². The number of carbonyl (C=O) groups is 1. The van der Waals surface area contributed by atoms with Crippen molar-refractivity contribution in [1.29, 1.82) is 0 Å². The van der Waals surface area contributed by atoms with Gasteiger partial charge in [0.1, 0.15) is 11.6 Å². The maximum absolute atomic E-state index is 12.8. The Morgan fingerprint density at radius 1 is 1.21 bits per heavy atom. The summed E-state index contributed by atoms with van der Waals surface area (Å²) in [6.07, 6.45) is 0. The Balaban J connectivity index is 2.11. The molecule has 0 saturated heterocycles. The minimum Gasteiger partial charge on any atom is -0.494 e. The molecule has 0 spiro atoms. The summed E-state index contributed by atoms with van der Waals surface area (Å²) in [5.41, 5.74) is 1.04. The van der Waals surface area contributed by atoms with Gasteiger partial charge >= 0.3 is 0 Å². The molecule has 0 aliphatic heterocycles. The highest BCUT2D eigenvalue weighted by Crippen LogP contribution is 2.15. The number of halogens is 1. The molecule has 2 aromatic rings. The summed E-state index contributed by atoms with van der Waals surface area (Å²) >= 11 is 0. The second-order valence-corrected chi connectivity index (χ2v) is 3.92. The first-order valence-electron chi connectivity index (χ1n) is 5.99. The van der Waals surface area contributed by atoms with E-state index in [1.54, 1.807) is 24.3 Å². The van der Waals surface area contributed by atoms with Crippen molar-refractivity contribution in [2.24, 2.45) is 0 Å². The third-order valence-electron chi connectivity index (χ3n) is 2.51. The summed E-state index contributed by atoms with van der Waals surface area (Å²) in [5.74, 6) is 0.0544. The molecule has 3 nitrogen and oxygen atoms in total. The predicted molar refractivity (Wildman–Crippen MR) is 72.0 cm³/mol. The van der Waals surface area contributed by atoms with E-state index in [0.29, 0.717) is 23.6 Å². The first kappa shape index (κ1) is 13.1. The normalized spacial score (nSPS) is 10.0. The highest BCUT2D eigenvalue weighted by molar-refractivity contribution is 6.04. The van der Waals surface area contributed by atoms with Gasteiger partial charge in [-0.05, 0) is 49.4 Å². The van der Waals surface area contributed by atoms with Crippen LogP contribution in [0.1, 0.15) is 17.3 Å². The molecule has 0 unspecified atom stereocenters. The first-order chi connectivity index (χ1) is 9.19. The Bertz CT molecular complexity index is 567. The van der Waals surface area contributed by atoms with Crippen molar-refractivity contribution in [3.63, 3.8) is 0 Å². The zero-order valence-electron chi connectivity index (χ0n) is 10.5. The molecule has 0 saturated carbocycles. The number of anilines is 1. The van der Waals surface area contributed by atoms with E-state index < -0.39 is 0 Å². The molecule has 0 aliphatic rings. The molecule has 0 heterocycles. The van der Waals surface area contributed by atoms with Gasteiger partial charge in [-0.15, -0.1) is 0 Å². The zero-order valence-corrected chi connectivity index (χ0v) is 10.5. The van der Waals surface area contributed by atoms with Crippen LogP contribution in [0.4, 0.5) is 10.1 Å². The maximum atomic E-state index is 12.8. The fourth-order valence-electron chi connectivity index (χ4n) is 1.63. The molecule has 0 radical (unpaired) electrons. The third kappa shape index (κ3) is 3.55. The van der Waals surface area contributed by atoms with Crippen molar-refractivity contribution in [2.45, 2.75) is 6.92 Å². The van der Waals surface area contributed by atoms with E-state index in [4.69, 9.17) is 4.74 Å². The molecule has 0 atom stereocenters. The molecule has 1 amide bonds. The van der Waals surface area contributed by atoms with Crippen molar-refractivity contribution in [2.75, 3.05) is 11.9 Å². The van der Waals surface area contributed by atoms with Crippen molar-refractivity contribution in [3.8, 4) is 5.75 Å². The van der Waals surface area contributed by atoms with Gasteiger partial charge in [0.15, 0.2) is 0 Å². The van der Waals surface area contributed by atoms with Gasteiger partial charge < -0.3 is 10.1 Å². The van der Waals surface area contributed by atoms with Crippen LogP contribution in [0, 0.1) is 5.82 Å². The fraction of sp³-hybridized carbons (Fsp3) is 0.133. The number of nitrogens with one attached hydrogen (secondary N) is 1. The second kappa shape index (κ2) is 6.00. The second-order valence-electron chi connectivity index (χ2n) is 3.92. The average molecular weight is 259 g/mol. The van der Waals surface area contributed by atoms with Crippen LogP contribution in [0.25, 0.3) is 0 Å². The lowest BCUT2D eigenvalue weighted by Gasteiger charge is -2.07. The van der Waals surface area contributed by atoms with Gasteiger partial charge in [0.2, 0.25) is 0 Å². The Hall–Kier alpha value is -2.36. The Kier molecular flexibility index (Phi) is 4.13. The summed E-state index contributed by atoms with van der Waals surface area (Å²) < 4.78 is 18.1. The van der Waals surface area contributed by atoms with E-state index in [1.807, 2.05) is 6.92 Å². The number of ether oxygens (including phenoxy) is 1. The van der Waals surface area contributed by atoms with Crippen LogP contribution in [0.5, 0.6) is 5.75 Å². The van der Waals surface area contributed by atoms with Gasteiger partial charge in [0.25, 0.3) is 5.91 Å². The van der Waals surface area contributed by atoms with Crippen molar-refractivity contribution < 1.29 is 13.9 Å². The van der Waals surface area contributed by atoms with Crippen LogP contribution in [0.3, 0.4) is 0 Å². The van der Waals surface area contributed by atoms with Crippen molar-refractivity contribution >= 4 is 11.6 Å². The van der Waals surface area contributed by atoms with E-state index in [0.717, 1.165) is 0 Å². The fourth-order valence-corrected chi connectivity index (χ4v) is 1.63. The number of carbonyl (C=O) groups excluding carboxylic acids is 1. The average Bonchev–Trinajstić information content (AvgIpc) is 2.42. The Morgan fingerprint density at radius 3 is 2.63 bits per heavy atom. The highest BCUT2D eigenvalue weighted by atomic mass is 19.1. The van der Waals surface area contributed by atoms with Gasteiger partial charge in [-0.2, -0.15) is 0 Å². The Morgan fingerprint density at radius 2 is 1.95 bits per heavy atom. The summed E-state index contributed by atoms with van der Waals surface area (Å²) in [4.78, 5) is 12.0. The Labute approximate surface area is 111 Å². The van der Waals surface area contributed by atoms with Crippen LogP contribution < -0.4 is 10.1 Å². The minimum absolute atomic E-state index is 0.256. The lowest BCUT2D eigenvalue weighted by Crippen LogP contribution is -2.11. The summed E-state index contributed by atoms with van der Waals surface area (Å²) in [6.45, 7) is 2.42. The number of benzene rings is 2. The van der Waals surface area contributed by atoms with E-state index in [1.165, 1.54) is 24.3 Å². The van der Waals surface area contributed by atoms with E-state index >= 15 is 0 Å². The predicted octanol–water partition coefficient (Wildman–Crippen LogP) is 3.48. The smallest absolute Gasteiger partial charge is 0.255 e. The molecule has 0 fully saturated rings. The van der Waals surface area contributed by atoms with Crippen molar-refractivity contribution in [3.05, 3.63) is 59.9 Å². The molecule has 19 heavy (non-hydrogen) atoms. The van der Waals surface area contributed by atoms with E-state index in [9.17, 15) is 9.18 Å². The van der Waals surface area contributed by atoms with E-state index in [-0.39, 0.29) is 11.7 Å². The summed E-state index contributed by atoms with van der Waals surface area (Å²) in [5, 5.41) is 2.69. The van der Waals surface area contributed by atoms with Gasteiger partial charge in [-0.25, -0.2) is 4.39 Å². The van der Waals surface area contributed by atoms with Gasteiger partial charge in [-0.3, -0.25) is 4.79 Å². The molecular weight excluding hydrogens is 245 g/mol. The van der Waals surface area contributed by atoms with Gasteiger partial charge in [-0.1, -0.05) is 6.07 Å². The number of rotatable bonds is 4. The molecule has 2 aromatic carbocycles. The van der Waals surface area contributed by atoms with Gasteiger partial charge in [0.05, 0.1) is 6.61 Å². The standard InChI is InChI=1S/C15H14FNO2/c1-2-19-14-5-3-4-11(10-14)15(18)17-13-8-6-12(16)7-9-13/h3-10H,2H2,1H3,(H,17,18). The number of hydrogen-bond acceptors (Lipinski definition) is 2. The van der Waals surface area contributed by atoms with Gasteiger partial charge in [0, 0.05) is 11.3 Å². The summed E-state index contributed by atoms with van der Waals surface area (Å²) in [6, 6.07) is 12.5. The first-order valence-corrected chi connectivity index (χ1v) is 5.99. The monoisotopic (exact) mass is 259 g/mol. The van der Waals surface area contributed by atoms with Crippen LogP contribution in [-0.4, -0.2) is 12.5 Å². The zero-order chi connectivity index (χ0) is 13.7. The van der Waals surface area contributed by atoms with Crippen LogP contribution >= 0.6 is 0 Å². The number of amides is 1. The van der Waals surface area contributed by atoms with E-state index in [2.05, 4.69) is 5.32 Å². The molecule has 0 bridgehead atoms. The molecule has 98 valence electrons. The SMILES string of the molecule is CCOc1cccc(C(=O)Nc2ccc(F)cc2)c1. The highest BCUT2D eigenvalue weighted by Gasteiger charge is 2.07. The topological polar surface area (TPSA) is 38.3 Å². The molecule has 0 aromatic heterocycles. The third-order valence-corrected chi connectivity index (χ3v) is 2.51. The van der Waals surface area contributed by atoms with Crippen LogP contribution in [-0.2, 0) is 0 Å². The van der Waals surface area contributed by atoms with Crippen LogP contribution in [0.2, 0.25) is 0 Å². The molecule has 1 N–H and O–H groups in total. The molecule has 2 rings (SSSR count). The summed E-state index contributed by atoms with van der Waals surface area (Å²) in [7, 11) is 0. The molecular formula is C15H14FNO2.